The van der Waals surface area contributed by atoms with E-state index in [0.717, 1.165) is 0 Å². The normalized spacial score (nSPS) is 26.9. The molecule has 13 heavy (non-hydrogen) atoms. The summed E-state index contributed by atoms with van der Waals surface area (Å²) in [5, 5.41) is -0.400. The minimum atomic E-state index is -0.253. The lowest BCUT2D eigenvalue weighted by Crippen LogP contribution is -2.18. The maximum Gasteiger partial charge on any atom is 0.318 e. The Labute approximate surface area is 81.0 Å². The maximum atomic E-state index is 11.1. The summed E-state index contributed by atoms with van der Waals surface area (Å²) in [4.78, 5) is 22.2. The molecular formula is C8H12O4S. The number of hydrogen-bond acceptors (Lipinski definition) is 5. The van der Waals surface area contributed by atoms with E-state index in [2.05, 4.69) is 9.47 Å². The lowest BCUT2D eigenvalue weighted by Gasteiger charge is -2.07. The number of carbonyl (C=O) groups excluding carboxylic acids is 2. The second-order valence-corrected chi connectivity index (χ2v) is 4.15. The van der Waals surface area contributed by atoms with Gasteiger partial charge in [-0.1, -0.05) is 0 Å². The number of carbonyl (C=O) groups is 2. The number of thioether (sulfide) groups is 1. The maximum absolute atomic E-state index is 11.1. The fourth-order valence-corrected chi connectivity index (χ4v) is 2.60. The molecule has 1 heterocycles. The van der Waals surface area contributed by atoms with Crippen molar-refractivity contribution in [3.05, 3.63) is 0 Å². The van der Waals surface area contributed by atoms with Crippen molar-refractivity contribution >= 4 is 23.7 Å². The topological polar surface area (TPSA) is 52.6 Å². The van der Waals surface area contributed by atoms with Crippen LogP contribution in [0, 0.1) is 0 Å². The van der Waals surface area contributed by atoms with Crippen molar-refractivity contribution in [2.45, 2.75) is 23.3 Å². The van der Waals surface area contributed by atoms with Gasteiger partial charge in [0, 0.05) is 0 Å². The highest BCUT2D eigenvalue weighted by atomic mass is 32.2. The molecule has 0 aromatic rings. The summed E-state index contributed by atoms with van der Waals surface area (Å²) < 4.78 is 9.17. The van der Waals surface area contributed by atoms with Crippen LogP contribution in [0.25, 0.3) is 0 Å². The molecule has 1 aliphatic rings. The van der Waals surface area contributed by atoms with Gasteiger partial charge in [0.1, 0.15) is 10.5 Å². The van der Waals surface area contributed by atoms with Crippen molar-refractivity contribution in [2.24, 2.45) is 0 Å². The second-order valence-electron chi connectivity index (χ2n) is 2.74. The molecule has 1 fully saturated rings. The third kappa shape index (κ3) is 2.37. The predicted octanol–water partition coefficient (Wildman–Crippen LogP) is 0.597. The van der Waals surface area contributed by atoms with Gasteiger partial charge >= 0.3 is 11.9 Å². The zero-order chi connectivity index (χ0) is 9.84. The summed E-state index contributed by atoms with van der Waals surface area (Å²) in [5.41, 5.74) is 0. The van der Waals surface area contributed by atoms with E-state index in [9.17, 15) is 9.59 Å². The van der Waals surface area contributed by atoms with Crippen LogP contribution in [0.4, 0.5) is 0 Å². The molecular weight excluding hydrogens is 192 g/mol. The molecule has 5 heteroatoms. The van der Waals surface area contributed by atoms with Gasteiger partial charge in [0.05, 0.1) is 14.2 Å². The zero-order valence-electron chi connectivity index (χ0n) is 7.61. The fourth-order valence-electron chi connectivity index (χ4n) is 1.25. The first-order chi connectivity index (χ1) is 6.19. The van der Waals surface area contributed by atoms with Crippen molar-refractivity contribution in [1.29, 1.82) is 0 Å². The first kappa shape index (κ1) is 10.4. The lowest BCUT2D eigenvalue weighted by atomic mass is 10.2. The van der Waals surface area contributed by atoms with Gasteiger partial charge < -0.3 is 9.47 Å². The lowest BCUT2D eigenvalue weighted by molar-refractivity contribution is -0.141. The average molecular weight is 204 g/mol. The Kier molecular flexibility index (Phi) is 3.59. The van der Waals surface area contributed by atoms with Crippen molar-refractivity contribution < 1.29 is 19.1 Å². The van der Waals surface area contributed by atoms with Crippen molar-refractivity contribution in [3.63, 3.8) is 0 Å². The monoisotopic (exact) mass is 204 g/mol. The van der Waals surface area contributed by atoms with Gasteiger partial charge in [-0.2, -0.15) is 0 Å². The van der Waals surface area contributed by atoms with Gasteiger partial charge in [0.15, 0.2) is 0 Å². The molecule has 0 N–H and O–H groups in total. The zero-order valence-corrected chi connectivity index (χ0v) is 8.43. The smallest absolute Gasteiger partial charge is 0.318 e. The first-order valence-corrected chi connectivity index (χ1v) is 4.94. The number of methoxy groups -OCH3 is 2. The minimum absolute atomic E-state index is 0.200. The van der Waals surface area contributed by atoms with E-state index < -0.39 is 0 Å². The number of rotatable bonds is 2. The highest BCUT2D eigenvalue weighted by Crippen LogP contribution is 2.34. The molecule has 0 amide bonds. The minimum Gasteiger partial charge on any atom is -0.468 e. The van der Waals surface area contributed by atoms with E-state index in [4.69, 9.17) is 0 Å². The first-order valence-electron chi connectivity index (χ1n) is 4.00. The summed E-state index contributed by atoms with van der Waals surface area (Å²) in [5.74, 6) is -0.507. The highest BCUT2D eigenvalue weighted by molar-refractivity contribution is 8.02. The Bertz CT molecular complexity index is 194. The van der Waals surface area contributed by atoms with Crippen LogP contribution in [0.15, 0.2) is 0 Å². The Hall–Kier alpha value is -0.710. The van der Waals surface area contributed by atoms with Crippen molar-refractivity contribution in [1.82, 2.24) is 0 Å². The summed E-state index contributed by atoms with van der Waals surface area (Å²) in [6.07, 6.45) is 1.38. The van der Waals surface area contributed by atoms with Crippen LogP contribution < -0.4 is 0 Å². The molecule has 1 rings (SSSR count). The number of hydrogen-bond donors (Lipinski definition) is 0. The third-order valence-corrected chi connectivity index (χ3v) is 3.46. The fraction of sp³-hybridized carbons (Fsp3) is 0.750. The average Bonchev–Trinajstić information content (AvgIpc) is 2.64. The number of ether oxygens (including phenoxy) is 2. The van der Waals surface area contributed by atoms with Gasteiger partial charge in [-0.3, -0.25) is 9.59 Å². The summed E-state index contributed by atoms with van der Waals surface area (Å²) in [6, 6.07) is 0. The molecule has 2 atom stereocenters. The van der Waals surface area contributed by atoms with E-state index in [1.165, 1.54) is 26.0 Å². The predicted molar refractivity (Wildman–Crippen MR) is 48.4 cm³/mol. The van der Waals surface area contributed by atoms with Crippen molar-refractivity contribution in [3.8, 4) is 0 Å². The highest BCUT2D eigenvalue weighted by Gasteiger charge is 2.35. The van der Waals surface area contributed by atoms with Crippen LogP contribution in [-0.4, -0.2) is 36.7 Å². The Morgan fingerprint density at radius 3 is 1.77 bits per heavy atom. The molecule has 1 aliphatic heterocycles. The van der Waals surface area contributed by atoms with E-state index in [1.54, 1.807) is 0 Å². The van der Waals surface area contributed by atoms with Crippen molar-refractivity contribution in [2.75, 3.05) is 14.2 Å². The Morgan fingerprint density at radius 1 is 1.08 bits per heavy atom. The second kappa shape index (κ2) is 4.50. The van der Waals surface area contributed by atoms with Gasteiger partial charge in [-0.25, -0.2) is 0 Å². The van der Waals surface area contributed by atoms with E-state index >= 15 is 0 Å². The summed E-state index contributed by atoms with van der Waals surface area (Å²) in [7, 11) is 2.71. The number of esters is 2. The molecule has 0 aromatic heterocycles. The Morgan fingerprint density at radius 2 is 1.46 bits per heavy atom. The summed E-state index contributed by atoms with van der Waals surface area (Å²) >= 11 is 1.33. The molecule has 0 bridgehead atoms. The van der Waals surface area contributed by atoms with Gasteiger partial charge in [0.25, 0.3) is 0 Å². The largest absolute Gasteiger partial charge is 0.468 e. The molecule has 74 valence electrons. The SMILES string of the molecule is COC(=O)[C@@H]1CC[C@@H](C(=O)OC)S1. The molecule has 4 nitrogen and oxygen atoms in total. The molecule has 0 saturated carbocycles. The van der Waals surface area contributed by atoms with Crippen LogP contribution in [-0.2, 0) is 19.1 Å². The van der Waals surface area contributed by atoms with Gasteiger partial charge in [-0.05, 0) is 12.8 Å². The van der Waals surface area contributed by atoms with E-state index in [0.29, 0.717) is 12.8 Å². The third-order valence-electron chi connectivity index (χ3n) is 1.95. The van der Waals surface area contributed by atoms with Crippen LogP contribution >= 0.6 is 11.8 Å². The molecule has 1 saturated heterocycles. The quantitative estimate of drug-likeness (QED) is 0.616. The molecule has 0 radical (unpaired) electrons. The van der Waals surface area contributed by atoms with E-state index in [1.807, 2.05) is 0 Å². The standard InChI is InChI=1S/C8H12O4S/c1-11-7(9)5-3-4-6(13-5)8(10)12-2/h5-6H,3-4H2,1-2H3/t5-,6-/m0/s1. The van der Waals surface area contributed by atoms with Crippen LogP contribution in [0.1, 0.15) is 12.8 Å². The van der Waals surface area contributed by atoms with Crippen LogP contribution in [0.3, 0.4) is 0 Å². The van der Waals surface area contributed by atoms with Crippen LogP contribution in [0.2, 0.25) is 0 Å². The van der Waals surface area contributed by atoms with Gasteiger partial charge in [-0.15, -0.1) is 11.8 Å². The molecule has 0 unspecified atom stereocenters. The molecule has 0 spiro atoms. The Balaban J connectivity index is 2.44. The van der Waals surface area contributed by atoms with Crippen LogP contribution in [0.5, 0.6) is 0 Å². The molecule has 0 aliphatic carbocycles. The summed E-state index contributed by atoms with van der Waals surface area (Å²) in [6.45, 7) is 0. The molecule has 0 aromatic carbocycles. The van der Waals surface area contributed by atoms with E-state index in [-0.39, 0.29) is 22.4 Å². The van der Waals surface area contributed by atoms with Gasteiger partial charge in [0.2, 0.25) is 0 Å².